The third-order valence-electron chi connectivity index (χ3n) is 5.82. The second kappa shape index (κ2) is 11.0. The third kappa shape index (κ3) is 6.35. The molecule has 1 fully saturated rings. The van der Waals surface area contributed by atoms with Crippen LogP contribution in [0.4, 0.5) is 23.2 Å². The standard InChI is InChI=1S/C23H30F4N6O/c1-30-12-16(21(28)23(25,26)27)14-3-4-20(18(24)11-14)32-22(29)17-13-33(2)8-5-19(17)31-15-6-9-34-10-7-15/h3-4,11-12,15,28,30-31H,5-10,13H2,1-2H3,(H2,29,32)/b16-12-,28-21?. The van der Waals surface area contributed by atoms with Gasteiger partial charge in [0.25, 0.3) is 0 Å². The minimum absolute atomic E-state index is 0.0257. The largest absolute Gasteiger partial charge is 0.433 e. The fourth-order valence-electron chi connectivity index (χ4n) is 3.97. The highest BCUT2D eigenvalue weighted by Crippen LogP contribution is 2.29. The summed E-state index contributed by atoms with van der Waals surface area (Å²) in [6.07, 6.45) is -1.38. The van der Waals surface area contributed by atoms with Crippen molar-refractivity contribution in [3.05, 3.63) is 47.0 Å². The van der Waals surface area contributed by atoms with Crippen molar-refractivity contribution in [2.75, 3.05) is 45.7 Å². The minimum atomic E-state index is -4.87. The Hall–Kier alpha value is -2.92. The van der Waals surface area contributed by atoms with E-state index in [1.165, 1.54) is 19.2 Å². The third-order valence-corrected chi connectivity index (χ3v) is 5.82. The SMILES string of the molecule is CN/C=C(\C(=N)C(F)(F)F)c1ccc(NC(=N)C2=C(NC3CCOCC3)CCN(C)C2)c(F)c1. The van der Waals surface area contributed by atoms with E-state index in [0.717, 1.165) is 49.3 Å². The topological polar surface area (TPSA) is 96.3 Å². The summed E-state index contributed by atoms with van der Waals surface area (Å²) in [5.74, 6) is -0.787. The zero-order valence-electron chi connectivity index (χ0n) is 19.2. The summed E-state index contributed by atoms with van der Waals surface area (Å²) in [5, 5.41) is 24.8. The number of amidine groups is 1. The van der Waals surface area contributed by atoms with Gasteiger partial charge < -0.3 is 25.6 Å². The molecule has 2 heterocycles. The number of hydrogen-bond donors (Lipinski definition) is 5. The molecule has 2 aliphatic heterocycles. The Morgan fingerprint density at radius 3 is 2.53 bits per heavy atom. The number of likely N-dealkylation sites (N-methyl/N-ethyl adjacent to an activating group) is 1. The lowest BCUT2D eigenvalue weighted by Gasteiger charge is -2.32. The maximum Gasteiger partial charge on any atom is 0.433 e. The van der Waals surface area contributed by atoms with Gasteiger partial charge in [0.15, 0.2) is 0 Å². The maximum absolute atomic E-state index is 14.9. The molecular weight excluding hydrogens is 452 g/mol. The summed E-state index contributed by atoms with van der Waals surface area (Å²) in [4.78, 5) is 2.07. The van der Waals surface area contributed by atoms with Gasteiger partial charge in [0.05, 0.1) is 5.69 Å². The zero-order chi connectivity index (χ0) is 24.9. The fraction of sp³-hybridized carbons (Fsp3) is 0.478. The second-order valence-electron chi connectivity index (χ2n) is 8.39. The summed E-state index contributed by atoms with van der Waals surface area (Å²) in [6.45, 7) is 2.71. The van der Waals surface area contributed by atoms with Crippen LogP contribution in [0.15, 0.2) is 35.7 Å². The Bertz CT molecular complexity index is 982. The van der Waals surface area contributed by atoms with Crippen molar-refractivity contribution in [2.24, 2.45) is 0 Å². The Morgan fingerprint density at radius 2 is 1.91 bits per heavy atom. The molecule has 0 atom stereocenters. The van der Waals surface area contributed by atoms with Crippen molar-refractivity contribution >= 4 is 22.8 Å². The number of anilines is 1. The predicted octanol–water partition coefficient (Wildman–Crippen LogP) is 3.72. The Kier molecular flexibility index (Phi) is 8.32. The van der Waals surface area contributed by atoms with Gasteiger partial charge in [-0.05, 0) is 37.6 Å². The van der Waals surface area contributed by atoms with E-state index in [-0.39, 0.29) is 23.1 Å². The number of ether oxygens (including phenoxy) is 1. The lowest BCUT2D eigenvalue weighted by molar-refractivity contribution is -0.0578. The van der Waals surface area contributed by atoms with Gasteiger partial charge in [0.1, 0.15) is 17.4 Å². The molecule has 3 rings (SSSR count). The Balaban J connectivity index is 1.81. The Labute approximate surface area is 196 Å². The molecule has 1 aromatic carbocycles. The van der Waals surface area contributed by atoms with Crippen LogP contribution in [0.3, 0.4) is 0 Å². The molecule has 0 spiro atoms. The van der Waals surface area contributed by atoms with Gasteiger partial charge in [-0.25, -0.2) is 4.39 Å². The summed E-state index contributed by atoms with van der Waals surface area (Å²) in [6, 6.07) is 3.77. The highest BCUT2D eigenvalue weighted by atomic mass is 19.4. The first-order valence-corrected chi connectivity index (χ1v) is 11.0. The van der Waals surface area contributed by atoms with Crippen LogP contribution in [0.2, 0.25) is 0 Å². The van der Waals surface area contributed by atoms with Crippen molar-refractivity contribution in [1.82, 2.24) is 15.5 Å². The highest BCUT2D eigenvalue weighted by Gasteiger charge is 2.37. The van der Waals surface area contributed by atoms with E-state index in [2.05, 4.69) is 20.9 Å². The molecule has 1 saturated heterocycles. The van der Waals surface area contributed by atoms with Gasteiger partial charge in [0, 0.05) is 68.9 Å². The molecule has 0 saturated carbocycles. The van der Waals surface area contributed by atoms with E-state index in [0.29, 0.717) is 19.8 Å². The molecule has 0 radical (unpaired) electrons. The molecule has 5 N–H and O–H groups in total. The van der Waals surface area contributed by atoms with Crippen LogP contribution in [0, 0.1) is 16.6 Å². The maximum atomic E-state index is 14.9. The van der Waals surface area contributed by atoms with E-state index >= 15 is 0 Å². The summed E-state index contributed by atoms with van der Waals surface area (Å²) >= 11 is 0. The average Bonchev–Trinajstić information content (AvgIpc) is 2.79. The monoisotopic (exact) mass is 482 g/mol. The van der Waals surface area contributed by atoms with Crippen LogP contribution in [0.1, 0.15) is 24.8 Å². The number of alkyl halides is 3. The molecule has 2 aliphatic rings. The molecule has 1 aromatic rings. The first-order valence-electron chi connectivity index (χ1n) is 11.0. The molecule has 0 bridgehead atoms. The number of benzene rings is 1. The van der Waals surface area contributed by atoms with Crippen molar-refractivity contribution in [1.29, 1.82) is 10.8 Å². The van der Waals surface area contributed by atoms with E-state index in [4.69, 9.17) is 15.6 Å². The van der Waals surface area contributed by atoms with Crippen LogP contribution in [-0.4, -0.2) is 69.1 Å². The number of allylic oxidation sites excluding steroid dienone is 1. The number of nitrogens with one attached hydrogen (secondary N) is 5. The molecule has 0 aromatic heterocycles. The number of halogens is 4. The summed E-state index contributed by atoms with van der Waals surface area (Å²) in [7, 11) is 3.34. The van der Waals surface area contributed by atoms with Crippen LogP contribution in [-0.2, 0) is 4.74 Å². The first kappa shape index (κ1) is 25.7. The van der Waals surface area contributed by atoms with Gasteiger partial charge in [0.2, 0.25) is 0 Å². The number of rotatable bonds is 7. The minimum Gasteiger partial charge on any atom is -0.393 e. The van der Waals surface area contributed by atoms with Crippen LogP contribution in [0.5, 0.6) is 0 Å². The van der Waals surface area contributed by atoms with Crippen molar-refractivity contribution in [3.8, 4) is 0 Å². The molecular formula is C23H30F4N6O. The van der Waals surface area contributed by atoms with Crippen molar-refractivity contribution in [2.45, 2.75) is 31.5 Å². The molecule has 7 nitrogen and oxygen atoms in total. The Morgan fingerprint density at radius 1 is 1.21 bits per heavy atom. The normalized spacial score (nSPS) is 18.6. The van der Waals surface area contributed by atoms with E-state index in [9.17, 15) is 17.6 Å². The number of hydrogen-bond acceptors (Lipinski definition) is 6. The van der Waals surface area contributed by atoms with Crippen LogP contribution in [0.25, 0.3) is 5.57 Å². The second-order valence-corrected chi connectivity index (χ2v) is 8.39. The molecule has 0 unspecified atom stereocenters. The van der Waals surface area contributed by atoms with Crippen molar-refractivity contribution < 1.29 is 22.3 Å². The summed E-state index contributed by atoms with van der Waals surface area (Å²) < 4.78 is 59.4. The smallest absolute Gasteiger partial charge is 0.393 e. The zero-order valence-corrected chi connectivity index (χ0v) is 19.2. The first-order chi connectivity index (χ1) is 16.1. The number of nitrogens with zero attached hydrogens (tertiary/aromatic N) is 1. The van der Waals surface area contributed by atoms with Crippen LogP contribution < -0.4 is 16.0 Å². The van der Waals surface area contributed by atoms with E-state index in [1.54, 1.807) is 0 Å². The van der Waals surface area contributed by atoms with Gasteiger partial charge in [-0.3, -0.25) is 10.8 Å². The highest BCUT2D eigenvalue weighted by molar-refractivity contribution is 6.25. The lowest BCUT2D eigenvalue weighted by atomic mass is 10.0. The molecule has 0 amide bonds. The predicted molar refractivity (Wildman–Crippen MR) is 125 cm³/mol. The lowest BCUT2D eigenvalue weighted by Crippen LogP contribution is -2.41. The van der Waals surface area contributed by atoms with Gasteiger partial charge in [-0.1, -0.05) is 6.07 Å². The quantitative estimate of drug-likeness (QED) is 0.232. The molecule has 11 heteroatoms. The fourth-order valence-corrected chi connectivity index (χ4v) is 3.97. The van der Waals surface area contributed by atoms with Crippen LogP contribution >= 0.6 is 0 Å². The van der Waals surface area contributed by atoms with Gasteiger partial charge in [-0.15, -0.1) is 0 Å². The van der Waals surface area contributed by atoms with E-state index < -0.39 is 23.3 Å². The van der Waals surface area contributed by atoms with E-state index in [1.807, 2.05) is 7.05 Å². The molecule has 186 valence electrons. The molecule has 0 aliphatic carbocycles. The molecule has 34 heavy (non-hydrogen) atoms. The van der Waals surface area contributed by atoms with Gasteiger partial charge >= 0.3 is 6.18 Å². The van der Waals surface area contributed by atoms with Gasteiger partial charge in [-0.2, -0.15) is 13.2 Å². The summed E-state index contributed by atoms with van der Waals surface area (Å²) in [5.41, 5.74) is -0.508. The average molecular weight is 483 g/mol. The van der Waals surface area contributed by atoms with Crippen molar-refractivity contribution in [3.63, 3.8) is 0 Å².